The average Bonchev–Trinajstić information content (AvgIpc) is 2.55. The van der Waals surface area contributed by atoms with Gasteiger partial charge in [0, 0.05) is 5.41 Å². The maximum absolute atomic E-state index is 11.6. The molecule has 0 fully saturated rings. The van der Waals surface area contributed by atoms with Crippen LogP contribution >= 0.6 is 0 Å². The van der Waals surface area contributed by atoms with E-state index in [0.717, 1.165) is 16.9 Å². The van der Waals surface area contributed by atoms with Crippen molar-refractivity contribution in [3.05, 3.63) is 65.2 Å². The van der Waals surface area contributed by atoms with Crippen LogP contribution in [0.5, 0.6) is 5.75 Å². The van der Waals surface area contributed by atoms with Crippen molar-refractivity contribution in [1.82, 2.24) is 0 Å². The van der Waals surface area contributed by atoms with Gasteiger partial charge in [-0.1, -0.05) is 43.3 Å². The van der Waals surface area contributed by atoms with Crippen molar-refractivity contribution in [3.63, 3.8) is 0 Å². The molecule has 3 heteroatoms. The first-order chi connectivity index (χ1) is 10.5. The van der Waals surface area contributed by atoms with Gasteiger partial charge in [-0.3, -0.25) is 4.79 Å². The molecule has 0 heterocycles. The molecule has 2 atom stereocenters. The SMILES string of the molecule is COc1ccc2c(c1)[C@@](C)(c1ccccc1)C[C@H](C(=O)O)C2. The van der Waals surface area contributed by atoms with E-state index in [2.05, 4.69) is 25.1 Å². The maximum Gasteiger partial charge on any atom is 0.306 e. The van der Waals surface area contributed by atoms with E-state index >= 15 is 0 Å². The molecular formula is C19H20O3. The highest BCUT2D eigenvalue weighted by molar-refractivity contribution is 5.72. The number of carbonyl (C=O) groups is 1. The first-order valence-corrected chi connectivity index (χ1v) is 7.50. The second-order valence-electron chi connectivity index (χ2n) is 6.16. The van der Waals surface area contributed by atoms with Crippen LogP contribution in [-0.2, 0) is 16.6 Å². The Morgan fingerprint density at radius 2 is 1.95 bits per heavy atom. The molecular weight excluding hydrogens is 276 g/mol. The summed E-state index contributed by atoms with van der Waals surface area (Å²) in [6, 6.07) is 16.1. The molecule has 0 saturated heterocycles. The fraction of sp³-hybridized carbons (Fsp3) is 0.316. The highest BCUT2D eigenvalue weighted by atomic mass is 16.5. The number of carboxylic acid groups (broad SMARTS) is 1. The van der Waals surface area contributed by atoms with Gasteiger partial charge in [-0.25, -0.2) is 0 Å². The minimum atomic E-state index is -0.719. The first kappa shape index (κ1) is 14.6. The Labute approximate surface area is 130 Å². The van der Waals surface area contributed by atoms with Gasteiger partial charge in [0.1, 0.15) is 5.75 Å². The highest BCUT2D eigenvalue weighted by Crippen LogP contribution is 2.45. The second kappa shape index (κ2) is 5.48. The summed E-state index contributed by atoms with van der Waals surface area (Å²) in [7, 11) is 1.66. The Morgan fingerprint density at radius 1 is 1.23 bits per heavy atom. The Hall–Kier alpha value is -2.29. The van der Waals surface area contributed by atoms with E-state index < -0.39 is 5.97 Å². The molecule has 0 saturated carbocycles. The molecule has 0 spiro atoms. The van der Waals surface area contributed by atoms with Crippen molar-refractivity contribution in [2.45, 2.75) is 25.2 Å². The Morgan fingerprint density at radius 3 is 2.59 bits per heavy atom. The normalized spacial score (nSPS) is 23.6. The molecule has 0 aromatic heterocycles. The van der Waals surface area contributed by atoms with Gasteiger partial charge >= 0.3 is 5.97 Å². The number of hydrogen-bond donors (Lipinski definition) is 1. The smallest absolute Gasteiger partial charge is 0.306 e. The van der Waals surface area contributed by atoms with E-state index in [-0.39, 0.29) is 11.3 Å². The van der Waals surface area contributed by atoms with E-state index in [0.29, 0.717) is 12.8 Å². The summed E-state index contributed by atoms with van der Waals surface area (Å²) >= 11 is 0. The molecule has 1 N–H and O–H groups in total. The highest BCUT2D eigenvalue weighted by Gasteiger charge is 2.40. The van der Waals surface area contributed by atoms with E-state index in [9.17, 15) is 9.90 Å². The van der Waals surface area contributed by atoms with Gasteiger partial charge in [-0.2, -0.15) is 0 Å². The number of benzene rings is 2. The number of hydrogen-bond acceptors (Lipinski definition) is 2. The van der Waals surface area contributed by atoms with Crippen molar-refractivity contribution < 1.29 is 14.6 Å². The van der Waals surface area contributed by atoms with Crippen LogP contribution in [0.25, 0.3) is 0 Å². The second-order valence-corrected chi connectivity index (χ2v) is 6.16. The van der Waals surface area contributed by atoms with Gasteiger partial charge in [-0.15, -0.1) is 0 Å². The molecule has 1 aliphatic carbocycles. The fourth-order valence-corrected chi connectivity index (χ4v) is 3.57. The zero-order chi connectivity index (χ0) is 15.7. The minimum absolute atomic E-state index is 0.313. The monoisotopic (exact) mass is 296 g/mol. The lowest BCUT2D eigenvalue weighted by molar-refractivity contribution is -0.142. The lowest BCUT2D eigenvalue weighted by Crippen LogP contribution is -2.36. The number of fused-ring (bicyclic) bond motifs is 1. The third kappa shape index (κ3) is 2.37. The molecule has 0 aliphatic heterocycles. The lowest BCUT2D eigenvalue weighted by atomic mass is 9.64. The molecule has 1 aliphatic rings. The summed E-state index contributed by atoms with van der Waals surface area (Å²) in [5.41, 5.74) is 3.11. The largest absolute Gasteiger partial charge is 0.497 e. The molecule has 2 aromatic carbocycles. The molecule has 3 rings (SSSR count). The Balaban J connectivity index is 2.18. The van der Waals surface area contributed by atoms with Crippen LogP contribution in [0.3, 0.4) is 0 Å². The van der Waals surface area contributed by atoms with Crippen LogP contribution in [-0.4, -0.2) is 18.2 Å². The zero-order valence-electron chi connectivity index (χ0n) is 12.9. The molecule has 0 bridgehead atoms. The van der Waals surface area contributed by atoms with Gasteiger partial charge in [-0.05, 0) is 41.7 Å². The molecule has 3 nitrogen and oxygen atoms in total. The molecule has 2 aromatic rings. The van der Waals surface area contributed by atoms with E-state index in [1.165, 1.54) is 5.56 Å². The molecule has 114 valence electrons. The summed E-state index contributed by atoms with van der Waals surface area (Å²) in [6.45, 7) is 2.13. The number of methoxy groups -OCH3 is 1. The predicted octanol–water partition coefficient (Wildman–Crippen LogP) is 3.65. The van der Waals surface area contributed by atoms with Gasteiger partial charge in [0.2, 0.25) is 0 Å². The number of carboxylic acids is 1. The average molecular weight is 296 g/mol. The first-order valence-electron chi connectivity index (χ1n) is 7.50. The third-order valence-corrected chi connectivity index (χ3v) is 4.79. The molecule has 0 amide bonds. The summed E-state index contributed by atoms with van der Waals surface area (Å²) in [4.78, 5) is 11.6. The van der Waals surface area contributed by atoms with E-state index in [1.54, 1.807) is 7.11 Å². The van der Waals surface area contributed by atoms with Crippen LogP contribution in [0.4, 0.5) is 0 Å². The Kier molecular flexibility index (Phi) is 3.65. The van der Waals surface area contributed by atoms with E-state index in [1.807, 2.05) is 30.3 Å². The van der Waals surface area contributed by atoms with Crippen LogP contribution in [0, 0.1) is 5.92 Å². The zero-order valence-corrected chi connectivity index (χ0v) is 12.9. The number of ether oxygens (including phenoxy) is 1. The standard InChI is InChI=1S/C19H20O3/c1-19(15-6-4-3-5-7-15)12-14(18(20)21)10-13-8-9-16(22-2)11-17(13)19/h3-9,11,14H,10,12H2,1-2H3,(H,20,21)/t14-,19-/m1/s1. The van der Waals surface area contributed by atoms with Crippen LogP contribution in [0.2, 0.25) is 0 Å². The maximum atomic E-state index is 11.6. The van der Waals surface area contributed by atoms with E-state index in [4.69, 9.17) is 4.74 Å². The summed E-state index contributed by atoms with van der Waals surface area (Å²) in [5, 5.41) is 9.52. The molecule has 22 heavy (non-hydrogen) atoms. The minimum Gasteiger partial charge on any atom is -0.497 e. The fourth-order valence-electron chi connectivity index (χ4n) is 3.57. The predicted molar refractivity (Wildman–Crippen MR) is 85.3 cm³/mol. The van der Waals surface area contributed by atoms with Gasteiger partial charge in [0.15, 0.2) is 0 Å². The topological polar surface area (TPSA) is 46.5 Å². The van der Waals surface area contributed by atoms with Gasteiger partial charge in [0.05, 0.1) is 13.0 Å². The quantitative estimate of drug-likeness (QED) is 0.940. The number of aliphatic carboxylic acids is 1. The van der Waals surface area contributed by atoms with Crippen molar-refractivity contribution in [2.24, 2.45) is 5.92 Å². The van der Waals surface area contributed by atoms with Crippen LogP contribution in [0.15, 0.2) is 48.5 Å². The summed E-state index contributed by atoms with van der Waals surface area (Å²) in [6.07, 6.45) is 1.18. The van der Waals surface area contributed by atoms with Crippen LogP contribution in [0.1, 0.15) is 30.0 Å². The van der Waals surface area contributed by atoms with Crippen molar-refractivity contribution in [2.75, 3.05) is 7.11 Å². The summed E-state index contributed by atoms with van der Waals surface area (Å²) in [5.74, 6) is -0.260. The van der Waals surface area contributed by atoms with Gasteiger partial charge < -0.3 is 9.84 Å². The van der Waals surface area contributed by atoms with Crippen molar-refractivity contribution in [3.8, 4) is 5.75 Å². The Bertz CT molecular complexity index is 693. The molecule has 0 radical (unpaired) electrons. The summed E-state index contributed by atoms with van der Waals surface area (Å²) < 4.78 is 5.37. The molecule has 0 unspecified atom stereocenters. The van der Waals surface area contributed by atoms with Crippen LogP contribution < -0.4 is 4.74 Å². The van der Waals surface area contributed by atoms with Crippen molar-refractivity contribution >= 4 is 5.97 Å². The van der Waals surface area contributed by atoms with Gasteiger partial charge in [0.25, 0.3) is 0 Å². The third-order valence-electron chi connectivity index (χ3n) is 4.79. The van der Waals surface area contributed by atoms with Crippen molar-refractivity contribution in [1.29, 1.82) is 0 Å². The number of rotatable bonds is 3. The lowest BCUT2D eigenvalue weighted by Gasteiger charge is -2.39.